The van der Waals surface area contributed by atoms with Gasteiger partial charge in [0.05, 0.1) is 34.4 Å². The van der Waals surface area contributed by atoms with E-state index in [1.54, 1.807) is 24.0 Å². The molecule has 4 aromatic heterocycles. The fraction of sp³-hybridized carbons (Fsp3) is 0.345. The lowest BCUT2D eigenvalue weighted by molar-refractivity contribution is 0.311. The zero-order valence-corrected chi connectivity index (χ0v) is 24.2. The maximum Gasteiger partial charge on any atom is 0.271 e. The molecule has 1 aromatic carbocycles. The Morgan fingerprint density at radius 1 is 1.02 bits per heavy atom. The Morgan fingerprint density at radius 3 is 2.50 bits per heavy atom. The van der Waals surface area contributed by atoms with Crippen LogP contribution in [0.1, 0.15) is 49.5 Å². The van der Waals surface area contributed by atoms with Crippen LogP contribution in [-0.2, 0) is 0 Å². The highest BCUT2D eigenvalue weighted by Gasteiger charge is 2.20. The number of fused-ring (bicyclic) bond motifs is 3. The van der Waals surface area contributed by atoms with Crippen molar-refractivity contribution < 1.29 is 5.11 Å². The number of aliphatic hydroxyl groups is 1. The second-order valence-electron chi connectivity index (χ2n) is 9.88. The number of hydrogen-bond donors (Lipinski definition) is 3. The summed E-state index contributed by atoms with van der Waals surface area (Å²) in [5, 5.41) is 13.1. The molecule has 1 aliphatic carbocycles. The summed E-state index contributed by atoms with van der Waals surface area (Å²) in [4.78, 5) is 39.2. The number of anilines is 1. The quantitative estimate of drug-likeness (QED) is 0.251. The number of benzene rings is 1. The molecule has 5 aromatic rings. The van der Waals surface area contributed by atoms with Crippen LogP contribution >= 0.6 is 24.0 Å². The summed E-state index contributed by atoms with van der Waals surface area (Å²) < 4.78 is 4.04. The molecule has 9 nitrogen and oxygen atoms in total. The molecule has 11 heteroatoms. The van der Waals surface area contributed by atoms with E-state index in [2.05, 4.69) is 32.9 Å². The van der Waals surface area contributed by atoms with Crippen molar-refractivity contribution in [1.29, 1.82) is 0 Å². The first-order valence-electron chi connectivity index (χ1n) is 13.4. The van der Waals surface area contributed by atoms with Gasteiger partial charge < -0.3 is 10.4 Å². The Morgan fingerprint density at radius 2 is 1.77 bits per heavy atom. The summed E-state index contributed by atoms with van der Waals surface area (Å²) in [6.45, 7) is 4.31. The van der Waals surface area contributed by atoms with Crippen LogP contribution in [-0.4, -0.2) is 42.3 Å². The lowest BCUT2D eigenvalue weighted by Gasteiger charge is -2.23. The highest BCUT2D eigenvalue weighted by molar-refractivity contribution is 7.80. The van der Waals surface area contributed by atoms with Crippen LogP contribution in [0.15, 0.2) is 63.5 Å². The van der Waals surface area contributed by atoms with Gasteiger partial charge in [0.15, 0.2) is 0 Å². The van der Waals surface area contributed by atoms with E-state index in [1.807, 2.05) is 41.8 Å². The zero-order valence-electron chi connectivity index (χ0n) is 22.5. The molecule has 1 saturated carbocycles. The molecule has 0 aliphatic heterocycles. The van der Waals surface area contributed by atoms with Crippen molar-refractivity contribution in [3.05, 3.63) is 81.1 Å². The smallest absolute Gasteiger partial charge is 0.271 e. The van der Waals surface area contributed by atoms with Gasteiger partial charge in [0.1, 0.15) is 15.4 Å². The first kappa shape index (κ1) is 28.0. The Labute approximate surface area is 241 Å². The van der Waals surface area contributed by atoms with Crippen LogP contribution in [0.2, 0.25) is 0 Å². The Kier molecular flexibility index (Phi) is 8.63. The van der Waals surface area contributed by atoms with Gasteiger partial charge in [0.2, 0.25) is 0 Å². The fourth-order valence-corrected chi connectivity index (χ4v) is 6.27. The van der Waals surface area contributed by atoms with Crippen LogP contribution in [0.3, 0.4) is 0 Å². The molecule has 0 unspecified atom stereocenters. The summed E-state index contributed by atoms with van der Waals surface area (Å²) in [5.74, 6) is 0.659. The number of aromatic nitrogens is 5. The minimum atomic E-state index is -0.139. The molecule has 0 amide bonds. The van der Waals surface area contributed by atoms with Crippen LogP contribution < -0.4 is 16.4 Å². The van der Waals surface area contributed by atoms with Crippen molar-refractivity contribution in [2.45, 2.75) is 56.9 Å². The predicted octanol–water partition coefficient (Wildman–Crippen LogP) is 5.05. The molecule has 4 heterocycles. The van der Waals surface area contributed by atoms with Crippen LogP contribution in [0.5, 0.6) is 0 Å². The second-order valence-corrected chi connectivity index (χ2v) is 11.4. The third kappa shape index (κ3) is 5.67. The molecule has 1 aliphatic rings. The largest absolute Gasteiger partial charge is 0.395 e. The number of hydrogen-bond acceptors (Lipinski definition) is 9. The first-order valence-corrected chi connectivity index (χ1v) is 14.6. The normalized spacial score (nSPS) is 13.8. The molecule has 0 saturated heterocycles. The lowest BCUT2D eigenvalue weighted by atomic mass is 9.95. The van der Waals surface area contributed by atoms with Gasteiger partial charge in [-0.2, -0.15) is 0 Å². The molecular formula is C29H32N6O3S2. The van der Waals surface area contributed by atoms with Crippen LogP contribution in [0.4, 0.5) is 5.69 Å². The summed E-state index contributed by atoms with van der Waals surface area (Å²) in [6.07, 6.45) is 10.6. The average molecular weight is 577 g/mol. The van der Waals surface area contributed by atoms with Crippen LogP contribution in [0, 0.1) is 13.8 Å². The molecule has 6 rings (SSSR count). The average Bonchev–Trinajstić information content (AvgIpc) is 3.36. The molecule has 0 radical (unpaired) electrons. The van der Waals surface area contributed by atoms with E-state index in [4.69, 9.17) is 5.11 Å². The Balaban J connectivity index is 0.000000176. The van der Waals surface area contributed by atoms with Gasteiger partial charge in [-0.05, 0) is 44.9 Å². The molecule has 0 spiro atoms. The topological polar surface area (TPSA) is 115 Å². The molecule has 0 atom stereocenters. The minimum Gasteiger partial charge on any atom is -0.395 e. The Bertz CT molecular complexity index is 1750. The molecule has 2 N–H and O–H groups in total. The second kappa shape index (κ2) is 12.3. The van der Waals surface area contributed by atoms with Crippen molar-refractivity contribution in [1.82, 2.24) is 24.1 Å². The summed E-state index contributed by atoms with van der Waals surface area (Å²) in [6, 6.07) is 9.86. The van der Waals surface area contributed by atoms with Gasteiger partial charge in [-0.15, -0.1) is 24.0 Å². The van der Waals surface area contributed by atoms with E-state index in [-0.39, 0.29) is 23.8 Å². The van der Waals surface area contributed by atoms with Crippen molar-refractivity contribution in [2.75, 3.05) is 18.5 Å². The maximum absolute atomic E-state index is 13.0. The summed E-state index contributed by atoms with van der Waals surface area (Å²) in [5.41, 5.74) is 3.45. The standard InChI is InChI=1S/C17H20N4O2S.C12H12N2OS/c22-9-8-18-12-6-7-19-16-13(12)14-15(24-16)17(23)21(10-20-14)11-4-2-1-3-5-11;1-8-3-5-10(6-4-8)14-9(2)13-7-11(16)12(14)15/h6-7,10-11,22H,1-5,8-9H2,(H,18,19);3-7,16H,1-2H3. The van der Waals surface area contributed by atoms with E-state index >= 15 is 0 Å². The predicted molar refractivity (Wildman–Crippen MR) is 163 cm³/mol. The highest BCUT2D eigenvalue weighted by atomic mass is 32.1. The van der Waals surface area contributed by atoms with Gasteiger partial charge in [-0.3, -0.25) is 18.7 Å². The van der Waals surface area contributed by atoms with Crippen LogP contribution in [0.25, 0.3) is 26.1 Å². The fourth-order valence-electron chi connectivity index (χ4n) is 5.05. The van der Waals surface area contributed by atoms with Gasteiger partial charge in [0.25, 0.3) is 11.1 Å². The molecule has 1 fully saturated rings. The van der Waals surface area contributed by atoms with Gasteiger partial charge in [-0.25, -0.2) is 15.0 Å². The highest BCUT2D eigenvalue weighted by Crippen LogP contribution is 2.35. The van der Waals surface area contributed by atoms with E-state index in [0.717, 1.165) is 40.0 Å². The number of thiophene rings is 1. The van der Waals surface area contributed by atoms with Crippen molar-refractivity contribution >= 4 is 50.1 Å². The van der Waals surface area contributed by atoms with E-state index < -0.39 is 0 Å². The van der Waals surface area contributed by atoms with Crippen molar-refractivity contribution in [2.24, 2.45) is 0 Å². The third-order valence-corrected chi connectivity index (χ3v) is 8.50. The minimum absolute atomic E-state index is 0.0445. The lowest BCUT2D eigenvalue weighted by Crippen LogP contribution is -2.26. The SMILES string of the molecule is Cc1ccc(-n2c(C)ncc(S)c2=O)cc1.O=c1c2sc3nccc(NCCO)c3c2ncn1C1CCCCC1. The third-order valence-electron chi connectivity index (χ3n) is 7.11. The van der Waals surface area contributed by atoms with Gasteiger partial charge >= 0.3 is 0 Å². The molecule has 40 heavy (non-hydrogen) atoms. The number of thiol groups is 1. The zero-order chi connectivity index (χ0) is 28.2. The van der Waals surface area contributed by atoms with Crippen molar-refractivity contribution in [3.8, 4) is 5.69 Å². The monoisotopic (exact) mass is 576 g/mol. The maximum atomic E-state index is 13.0. The van der Waals surface area contributed by atoms with E-state index in [0.29, 0.717) is 27.5 Å². The van der Waals surface area contributed by atoms with Gasteiger partial charge in [0, 0.05) is 30.7 Å². The number of nitrogens with zero attached hydrogens (tertiary/aromatic N) is 5. The van der Waals surface area contributed by atoms with Gasteiger partial charge in [-0.1, -0.05) is 37.0 Å². The number of pyridine rings is 1. The number of aliphatic hydroxyl groups excluding tert-OH is 1. The summed E-state index contributed by atoms with van der Waals surface area (Å²) in [7, 11) is 0. The first-order chi connectivity index (χ1) is 19.4. The molecule has 0 bridgehead atoms. The molecular weight excluding hydrogens is 544 g/mol. The Hall–Kier alpha value is -3.54. The number of rotatable bonds is 5. The van der Waals surface area contributed by atoms with E-state index in [9.17, 15) is 9.59 Å². The molecule has 208 valence electrons. The summed E-state index contributed by atoms with van der Waals surface area (Å²) >= 11 is 5.49. The number of nitrogens with one attached hydrogen (secondary N) is 1. The van der Waals surface area contributed by atoms with E-state index in [1.165, 1.54) is 36.8 Å². The number of aryl methyl sites for hydroxylation is 2. The van der Waals surface area contributed by atoms with Crippen molar-refractivity contribution in [3.63, 3.8) is 0 Å².